The predicted molar refractivity (Wildman–Crippen MR) is 186 cm³/mol. The third kappa shape index (κ3) is 9.07. The van der Waals surface area contributed by atoms with Gasteiger partial charge in [0.05, 0.1) is 22.3 Å². The lowest BCUT2D eigenvalue weighted by atomic mass is 10.0. The maximum absolute atomic E-state index is 12.0. The SMILES string of the molecule is O=C(O)c1ccccc1CN(Cc1ccc(CN(Cc2ccccc2C(=O)O)Cc2ccccc2C(=O)O)cc1)Cc1ccccc1C(=O)O. The first-order valence-corrected chi connectivity index (χ1v) is 15.9. The van der Waals surface area contributed by atoms with Crippen molar-refractivity contribution >= 4 is 23.9 Å². The van der Waals surface area contributed by atoms with Crippen molar-refractivity contribution in [1.82, 2.24) is 9.80 Å². The van der Waals surface area contributed by atoms with Gasteiger partial charge < -0.3 is 20.4 Å². The number of carboxylic acids is 4. The van der Waals surface area contributed by atoms with Crippen LogP contribution in [0.15, 0.2) is 121 Å². The Hall–Kier alpha value is -6.10. The normalized spacial score (nSPS) is 11.1. The van der Waals surface area contributed by atoms with Crippen molar-refractivity contribution < 1.29 is 39.6 Å². The lowest BCUT2D eigenvalue weighted by Crippen LogP contribution is -2.25. The van der Waals surface area contributed by atoms with Crippen LogP contribution in [0, 0.1) is 0 Å². The molecule has 0 radical (unpaired) electrons. The quantitative estimate of drug-likeness (QED) is 0.0871. The average Bonchev–Trinajstić information content (AvgIpc) is 3.09. The molecular weight excluding hydrogens is 636 g/mol. The van der Waals surface area contributed by atoms with E-state index in [9.17, 15) is 39.6 Å². The largest absolute Gasteiger partial charge is 0.478 e. The van der Waals surface area contributed by atoms with Gasteiger partial charge in [-0.2, -0.15) is 0 Å². The molecule has 0 bridgehead atoms. The summed E-state index contributed by atoms with van der Waals surface area (Å²) in [7, 11) is 0. The fourth-order valence-corrected chi connectivity index (χ4v) is 6.03. The molecule has 0 amide bonds. The molecular formula is C40H36N2O8. The molecule has 0 saturated carbocycles. The molecule has 0 saturated heterocycles. The topological polar surface area (TPSA) is 156 Å². The monoisotopic (exact) mass is 672 g/mol. The molecule has 10 nitrogen and oxygen atoms in total. The first-order valence-electron chi connectivity index (χ1n) is 15.9. The second kappa shape index (κ2) is 16.3. The molecule has 50 heavy (non-hydrogen) atoms. The first kappa shape index (κ1) is 35.2. The number of rotatable bonds is 16. The van der Waals surface area contributed by atoms with Gasteiger partial charge in [-0.1, -0.05) is 97.1 Å². The zero-order valence-corrected chi connectivity index (χ0v) is 27.1. The molecule has 4 N–H and O–H groups in total. The maximum Gasteiger partial charge on any atom is 0.336 e. The van der Waals surface area contributed by atoms with E-state index in [4.69, 9.17) is 0 Å². The lowest BCUT2D eigenvalue weighted by Gasteiger charge is -2.25. The van der Waals surface area contributed by atoms with Crippen LogP contribution in [-0.2, 0) is 39.3 Å². The van der Waals surface area contributed by atoms with Crippen molar-refractivity contribution in [1.29, 1.82) is 0 Å². The van der Waals surface area contributed by atoms with Crippen molar-refractivity contribution in [3.8, 4) is 0 Å². The highest BCUT2D eigenvalue weighted by Gasteiger charge is 2.19. The minimum absolute atomic E-state index is 0.174. The van der Waals surface area contributed by atoms with Gasteiger partial charge in [0.25, 0.3) is 0 Å². The Bertz CT molecular complexity index is 1740. The van der Waals surface area contributed by atoms with E-state index in [2.05, 4.69) is 0 Å². The van der Waals surface area contributed by atoms with Crippen molar-refractivity contribution in [3.05, 3.63) is 177 Å². The summed E-state index contributed by atoms with van der Waals surface area (Å²) in [5.41, 5.74) is 4.92. The van der Waals surface area contributed by atoms with Gasteiger partial charge in [0.15, 0.2) is 0 Å². The summed E-state index contributed by atoms with van der Waals surface area (Å²) in [6.07, 6.45) is 0. The van der Waals surface area contributed by atoms with Gasteiger partial charge in [0.1, 0.15) is 0 Å². The number of nitrogens with zero attached hydrogens (tertiary/aromatic N) is 2. The summed E-state index contributed by atoms with van der Waals surface area (Å²) in [5.74, 6) is -4.18. The molecule has 5 rings (SSSR count). The van der Waals surface area contributed by atoms with E-state index in [0.29, 0.717) is 35.3 Å². The Morgan fingerprint density at radius 3 is 0.780 bits per heavy atom. The summed E-state index contributed by atoms with van der Waals surface area (Å²) < 4.78 is 0. The Morgan fingerprint density at radius 1 is 0.340 bits per heavy atom. The van der Waals surface area contributed by atoms with E-state index >= 15 is 0 Å². The van der Waals surface area contributed by atoms with Crippen LogP contribution in [0.2, 0.25) is 0 Å². The van der Waals surface area contributed by atoms with Crippen LogP contribution >= 0.6 is 0 Å². The molecule has 254 valence electrons. The number of aromatic carboxylic acids is 4. The van der Waals surface area contributed by atoms with Gasteiger partial charge >= 0.3 is 23.9 Å². The molecule has 5 aromatic carbocycles. The van der Waals surface area contributed by atoms with E-state index in [1.54, 1.807) is 97.1 Å². The standard InChI is InChI=1S/C40H36N2O8/c43-37(44)33-13-5-1-9-29(33)23-41(24-30-10-2-6-14-34(30)38(45)46)21-27-17-19-28(20-18-27)22-42(25-31-11-3-7-15-35(31)39(47)48)26-32-12-4-8-16-36(32)40(49)50/h1-20H,21-26H2,(H,43,44)(H,45,46)(H,47,48)(H,49,50). The van der Waals surface area contributed by atoms with Gasteiger partial charge in [-0.05, 0) is 57.6 Å². The molecule has 0 spiro atoms. The Morgan fingerprint density at radius 2 is 0.560 bits per heavy atom. The van der Waals surface area contributed by atoms with Gasteiger partial charge in [-0.3, -0.25) is 9.80 Å². The van der Waals surface area contributed by atoms with Gasteiger partial charge in [0.2, 0.25) is 0 Å². The molecule has 0 atom stereocenters. The zero-order valence-electron chi connectivity index (χ0n) is 27.1. The van der Waals surface area contributed by atoms with Crippen molar-refractivity contribution in [2.45, 2.75) is 39.3 Å². The van der Waals surface area contributed by atoms with Crippen LogP contribution in [0.3, 0.4) is 0 Å². The van der Waals surface area contributed by atoms with Gasteiger partial charge in [-0.15, -0.1) is 0 Å². The second-order valence-electron chi connectivity index (χ2n) is 12.0. The molecule has 0 fully saturated rings. The van der Waals surface area contributed by atoms with Crippen LogP contribution in [0.1, 0.15) is 74.8 Å². The Labute approximate surface area is 289 Å². The summed E-state index contributed by atoms with van der Waals surface area (Å²) in [6.45, 7) is 1.83. The summed E-state index contributed by atoms with van der Waals surface area (Å²) >= 11 is 0. The summed E-state index contributed by atoms with van der Waals surface area (Å²) in [6, 6.07) is 34.7. The third-order valence-electron chi connectivity index (χ3n) is 8.40. The number of carboxylic acid groups (broad SMARTS) is 4. The zero-order chi connectivity index (χ0) is 35.6. The molecule has 0 heterocycles. The van der Waals surface area contributed by atoms with Crippen LogP contribution in [0.4, 0.5) is 0 Å². The molecule has 0 aliphatic carbocycles. The highest BCUT2D eigenvalue weighted by molar-refractivity contribution is 5.91. The number of hydrogen-bond donors (Lipinski definition) is 4. The maximum atomic E-state index is 12.0. The molecule has 0 aliphatic rings. The fraction of sp³-hybridized carbons (Fsp3) is 0.150. The van der Waals surface area contributed by atoms with Crippen molar-refractivity contribution in [2.24, 2.45) is 0 Å². The van der Waals surface area contributed by atoms with Crippen molar-refractivity contribution in [3.63, 3.8) is 0 Å². The van der Waals surface area contributed by atoms with E-state index in [1.807, 2.05) is 34.1 Å². The number of hydrogen-bond acceptors (Lipinski definition) is 6. The molecule has 0 aliphatic heterocycles. The minimum Gasteiger partial charge on any atom is -0.478 e. The van der Waals surface area contributed by atoms with Crippen LogP contribution < -0.4 is 0 Å². The third-order valence-corrected chi connectivity index (χ3v) is 8.40. The minimum atomic E-state index is -1.04. The van der Waals surface area contributed by atoms with E-state index < -0.39 is 23.9 Å². The average molecular weight is 673 g/mol. The number of carbonyl (C=O) groups is 4. The number of benzene rings is 5. The molecule has 0 aromatic heterocycles. The van der Waals surface area contributed by atoms with Gasteiger partial charge in [-0.25, -0.2) is 19.2 Å². The lowest BCUT2D eigenvalue weighted by molar-refractivity contribution is 0.0681. The predicted octanol–water partition coefficient (Wildman–Crippen LogP) is 6.88. The highest BCUT2D eigenvalue weighted by Crippen LogP contribution is 2.22. The molecule has 0 unspecified atom stereocenters. The van der Waals surface area contributed by atoms with E-state index in [1.165, 1.54) is 0 Å². The van der Waals surface area contributed by atoms with Crippen LogP contribution in [-0.4, -0.2) is 54.1 Å². The second-order valence-corrected chi connectivity index (χ2v) is 12.0. The van der Waals surface area contributed by atoms with E-state index in [-0.39, 0.29) is 48.4 Å². The molecule has 5 aromatic rings. The summed E-state index contributed by atoms with van der Waals surface area (Å²) in [4.78, 5) is 51.9. The van der Waals surface area contributed by atoms with Crippen LogP contribution in [0.5, 0.6) is 0 Å². The van der Waals surface area contributed by atoms with Gasteiger partial charge in [0, 0.05) is 39.3 Å². The smallest absolute Gasteiger partial charge is 0.336 e. The van der Waals surface area contributed by atoms with Crippen LogP contribution in [0.25, 0.3) is 0 Å². The Balaban J connectivity index is 1.41. The Kier molecular flexibility index (Phi) is 11.5. The summed E-state index contributed by atoms with van der Waals surface area (Å²) in [5, 5.41) is 39.2. The highest BCUT2D eigenvalue weighted by atomic mass is 16.4. The fourth-order valence-electron chi connectivity index (χ4n) is 6.03. The first-order chi connectivity index (χ1) is 24.1. The van der Waals surface area contributed by atoms with E-state index in [0.717, 1.165) is 11.1 Å². The van der Waals surface area contributed by atoms with Crippen molar-refractivity contribution in [2.75, 3.05) is 0 Å². The molecule has 10 heteroatoms.